The molecule has 0 spiro atoms. The number of nitrogens with zero attached hydrogens (tertiary/aromatic N) is 1. The van der Waals surface area contributed by atoms with Crippen molar-refractivity contribution in [1.82, 2.24) is 5.32 Å². The van der Waals surface area contributed by atoms with Crippen molar-refractivity contribution >= 4 is 5.69 Å². The lowest BCUT2D eigenvalue weighted by atomic mass is 9.79. The van der Waals surface area contributed by atoms with Crippen LogP contribution in [-0.2, 0) is 4.74 Å². The molecule has 1 aromatic rings. The van der Waals surface area contributed by atoms with E-state index in [4.69, 9.17) is 4.74 Å². The lowest BCUT2D eigenvalue weighted by Gasteiger charge is -2.41. The Bertz CT molecular complexity index is 421. The van der Waals surface area contributed by atoms with E-state index in [2.05, 4.69) is 62.3 Å². The van der Waals surface area contributed by atoms with Gasteiger partial charge in [-0.3, -0.25) is 0 Å². The molecule has 2 rings (SSSR count). The van der Waals surface area contributed by atoms with Gasteiger partial charge in [-0.05, 0) is 31.9 Å². The topological polar surface area (TPSA) is 24.5 Å². The van der Waals surface area contributed by atoms with Crippen molar-refractivity contribution in [2.75, 3.05) is 38.3 Å². The van der Waals surface area contributed by atoms with Gasteiger partial charge in [-0.25, -0.2) is 0 Å². The van der Waals surface area contributed by atoms with Gasteiger partial charge in [0.25, 0.3) is 0 Å². The second-order valence-electron chi connectivity index (χ2n) is 6.84. The van der Waals surface area contributed by atoms with E-state index >= 15 is 0 Å². The molecule has 118 valence electrons. The third-order valence-corrected chi connectivity index (χ3v) is 4.49. The fraction of sp³-hybridized carbons (Fsp3) is 0.667. The molecule has 1 aliphatic heterocycles. The molecule has 0 bridgehead atoms. The SMILES string of the molecule is Cc1ccc(N(C)CC2(CNC(C)C)CCOCC2)cc1. The Hall–Kier alpha value is -1.06. The van der Waals surface area contributed by atoms with Crippen LogP contribution in [-0.4, -0.2) is 39.4 Å². The molecule has 0 amide bonds. The number of ether oxygens (including phenoxy) is 1. The third-order valence-electron chi connectivity index (χ3n) is 4.49. The van der Waals surface area contributed by atoms with Crippen LogP contribution in [0.25, 0.3) is 0 Å². The van der Waals surface area contributed by atoms with E-state index in [0.717, 1.165) is 39.1 Å². The van der Waals surface area contributed by atoms with Crippen LogP contribution in [0.4, 0.5) is 5.69 Å². The summed E-state index contributed by atoms with van der Waals surface area (Å²) in [4.78, 5) is 2.40. The fourth-order valence-electron chi connectivity index (χ4n) is 3.01. The minimum Gasteiger partial charge on any atom is -0.381 e. The first-order valence-electron chi connectivity index (χ1n) is 8.10. The Morgan fingerprint density at radius 2 is 1.81 bits per heavy atom. The molecule has 1 fully saturated rings. The van der Waals surface area contributed by atoms with E-state index in [1.54, 1.807) is 0 Å². The molecule has 1 aliphatic rings. The zero-order valence-corrected chi connectivity index (χ0v) is 14.0. The summed E-state index contributed by atoms with van der Waals surface area (Å²) < 4.78 is 5.59. The number of nitrogens with one attached hydrogen (secondary N) is 1. The molecule has 3 nitrogen and oxygen atoms in total. The Kier molecular flexibility index (Phi) is 5.65. The minimum absolute atomic E-state index is 0.322. The average molecular weight is 290 g/mol. The predicted molar refractivity (Wildman–Crippen MR) is 90.1 cm³/mol. The zero-order chi connectivity index (χ0) is 15.3. The standard InChI is InChI=1S/C18H30N2O/c1-15(2)19-13-18(9-11-21-12-10-18)14-20(4)17-7-5-16(3)6-8-17/h5-8,15,19H,9-14H2,1-4H3. The maximum Gasteiger partial charge on any atom is 0.0472 e. The number of rotatable bonds is 6. The van der Waals surface area contributed by atoms with Crippen molar-refractivity contribution in [3.05, 3.63) is 29.8 Å². The van der Waals surface area contributed by atoms with Crippen molar-refractivity contribution in [2.45, 2.75) is 39.7 Å². The number of anilines is 1. The number of hydrogen-bond acceptors (Lipinski definition) is 3. The molecular weight excluding hydrogens is 260 g/mol. The van der Waals surface area contributed by atoms with Gasteiger partial charge in [-0.1, -0.05) is 31.5 Å². The molecule has 1 aromatic carbocycles. The maximum atomic E-state index is 5.59. The van der Waals surface area contributed by atoms with Gasteiger partial charge in [0.1, 0.15) is 0 Å². The van der Waals surface area contributed by atoms with Crippen LogP contribution in [0.3, 0.4) is 0 Å². The highest BCUT2D eigenvalue weighted by atomic mass is 16.5. The quantitative estimate of drug-likeness (QED) is 0.870. The van der Waals surface area contributed by atoms with E-state index in [1.165, 1.54) is 11.3 Å². The fourth-order valence-corrected chi connectivity index (χ4v) is 3.01. The van der Waals surface area contributed by atoms with Gasteiger partial charge >= 0.3 is 0 Å². The molecule has 0 aliphatic carbocycles. The Labute approximate surface area is 129 Å². The number of benzene rings is 1. The molecular formula is C18H30N2O. The molecule has 0 unspecified atom stereocenters. The van der Waals surface area contributed by atoms with Crippen molar-refractivity contribution in [3.8, 4) is 0 Å². The van der Waals surface area contributed by atoms with E-state index in [9.17, 15) is 0 Å². The molecule has 21 heavy (non-hydrogen) atoms. The summed E-state index contributed by atoms with van der Waals surface area (Å²) in [6.07, 6.45) is 2.28. The van der Waals surface area contributed by atoms with Crippen LogP contribution in [0.1, 0.15) is 32.3 Å². The summed E-state index contributed by atoms with van der Waals surface area (Å²) in [7, 11) is 2.21. The Morgan fingerprint density at radius 3 is 2.38 bits per heavy atom. The second kappa shape index (κ2) is 7.28. The summed E-state index contributed by atoms with van der Waals surface area (Å²) >= 11 is 0. The first kappa shape index (κ1) is 16.3. The van der Waals surface area contributed by atoms with E-state index in [1.807, 2.05) is 0 Å². The van der Waals surface area contributed by atoms with Crippen LogP contribution in [0.5, 0.6) is 0 Å². The normalized spacial score (nSPS) is 18.0. The number of hydrogen-bond donors (Lipinski definition) is 1. The van der Waals surface area contributed by atoms with Crippen molar-refractivity contribution < 1.29 is 4.74 Å². The summed E-state index contributed by atoms with van der Waals surface area (Å²) in [5.41, 5.74) is 2.94. The van der Waals surface area contributed by atoms with Crippen molar-refractivity contribution in [2.24, 2.45) is 5.41 Å². The average Bonchev–Trinajstić information content (AvgIpc) is 2.47. The zero-order valence-electron chi connectivity index (χ0n) is 14.0. The van der Waals surface area contributed by atoms with E-state index < -0.39 is 0 Å². The Balaban J connectivity index is 2.04. The predicted octanol–water partition coefficient (Wildman–Crippen LogP) is 3.23. The molecule has 1 heterocycles. The molecule has 0 aromatic heterocycles. The molecule has 1 N–H and O–H groups in total. The molecule has 3 heteroatoms. The lowest BCUT2D eigenvalue weighted by molar-refractivity contribution is 0.0179. The smallest absolute Gasteiger partial charge is 0.0472 e. The molecule has 1 saturated heterocycles. The van der Waals surface area contributed by atoms with Crippen molar-refractivity contribution in [1.29, 1.82) is 0 Å². The van der Waals surface area contributed by atoms with Gasteiger partial charge in [-0.15, -0.1) is 0 Å². The lowest BCUT2D eigenvalue weighted by Crippen LogP contribution is -2.47. The second-order valence-corrected chi connectivity index (χ2v) is 6.84. The van der Waals surface area contributed by atoms with Gasteiger partial charge in [0, 0.05) is 50.5 Å². The highest BCUT2D eigenvalue weighted by Gasteiger charge is 2.33. The number of aryl methyl sites for hydroxylation is 1. The van der Waals surface area contributed by atoms with Crippen molar-refractivity contribution in [3.63, 3.8) is 0 Å². The van der Waals surface area contributed by atoms with Gasteiger partial charge in [0.15, 0.2) is 0 Å². The first-order valence-corrected chi connectivity index (χ1v) is 8.10. The first-order chi connectivity index (χ1) is 10.0. The third kappa shape index (κ3) is 4.72. The highest BCUT2D eigenvalue weighted by Crippen LogP contribution is 2.32. The van der Waals surface area contributed by atoms with Crippen LogP contribution < -0.4 is 10.2 Å². The van der Waals surface area contributed by atoms with Gasteiger partial charge in [0.2, 0.25) is 0 Å². The van der Waals surface area contributed by atoms with Crippen LogP contribution in [0.15, 0.2) is 24.3 Å². The molecule has 0 radical (unpaired) electrons. The van der Waals surface area contributed by atoms with Gasteiger partial charge < -0.3 is 15.0 Å². The largest absolute Gasteiger partial charge is 0.381 e. The minimum atomic E-state index is 0.322. The highest BCUT2D eigenvalue weighted by molar-refractivity contribution is 5.47. The van der Waals surface area contributed by atoms with Gasteiger partial charge in [0.05, 0.1) is 0 Å². The summed E-state index contributed by atoms with van der Waals surface area (Å²) in [6.45, 7) is 10.5. The van der Waals surface area contributed by atoms with Crippen LogP contribution in [0, 0.1) is 12.3 Å². The van der Waals surface area contributed by atoms with Crippen LogP contribution in [0.2, 0.25) is 0 Å². The van der Waals surface area contributed by atoms with Crippen LogP contribution >= 0.6 is 0 Å². The van der Waals surface area contributed by atoms with E-state index in [0.29, 0.717) is 11.5 Å². The summed E-state index contributed by atoms with van der Waals surface area (Å²) in [6, 6.07) is 9.36. The maximum absolute atomic E-state index is 5.59. The van der Waals surface area contributed by atoms with Gasteiger partial charge in [-0.2, -0.15) is 0 Å². The monoisotopic (exact) mass is 290 g/mol. The molecule has 0 saturated carbocycles. The molecule has 0 atom stereocenters. The summed E-state index contributed by atoms with van der Waals surface area (Å²) in [5.74, 6) is 0. The Morgan fingerprint density at radius 1 is 1.19 bits per heavy atom. The summed E-state index contributed by atoms with van der Waals surface area (Å²) in [5, 5.41) is 3.64. The van der Waals surface area contributed by atoms with E-state index in [-0.39, 0.29) is 0 Å².